The first-order chi connectivity index (χ1) is 10.3. The number of aromatic nitrogens is 3. The smallest absolute Gasteiger partial charge is 0.191 e. The van der Waals surface area contributed by atoms with E-state index in [0.717, 1.165) is 48.8 Å². The van der Waals surface area contributed by atoms with Crippen LogP contribution in [0, 0.1) is 5.92 Å². The van der Waals surface area contributed by atoms with Gasteiger partial charge in [0.05, 0.1) is 6.10 Å². The molecule has 0 amide bonds. The van der Waals surface area contributed by atoms with Crippen LogP contribution in [-0.4, -0.2) is 46.3 Å². The summed E-state index contributed by atoms with van der Waals surface area (Å²) in [6, 6.07) is 0. The molecule has 0 bridgehead atoms. The summed E-state index contributed by atoms with van der Waals surface area (Å²) in [6.07, 6.45) is 7.67. The van der Waals surface area contributed by atoms with E-state index in [0.29, 0.717) is 6.10 Å². The van der Waals surface area contributed by atoms with Crippen molar-refractivity contribution in [3.05, 3.63) is 5.82 Å². The van der Waals surface area contributed by atoms with Crippen molar-refractivity contribution in [1.29, 1.82) is 0 Å². The van der Waals surface area contributed by atoms with Gasteiger partial charge in [0.1, 0.15) is 5.82 Å². The quantitative estimate of drug-likeness (QED) is 0.843. The van der Waals surface area contributed by atoms with Crippen molar-refractivity contribution in [1.82, 2.24) is 20.1 Å². The zero-order chi connectivity index (χ0) is 14.5. The Kier molecular flexibility index (Phi) is 5.55. The van der Waals surface area contributed by atoms with Gasteiger partial charge in [-0.2, -0.15) is 0 Å². The van der Waals surface area contributed by atoms with Crippen molar-refractivity contribution < 1.29 is 4.74 Å². The van der Waals surface area contributed by atoms with Crippen molar-refractivity contribution in [2.45, 2.75) is 49.8 Å². The lowest BCUT2D eigenvalue weighted by Gasteiger charge is -2.22. The minimum absolute atomic E-state index is 0.397. The number of piperidine rings is 1. The molecule has 1 N–H and O–H groups in total. The Morgan fingerprint density at radius 3 is 2.86 bits per heavy atom. The fourth-order valence-electron chi connectivity index (χ4n) is 3.10. The van der Waals surface area contributed by atoms with E-state index in [1.165, 1.54) is 32.1 Å². The van der Waals surface area contributed by atoms with Gasteiger partial charge in [0.2, 0.25) is 0 Å². The average Bonchev–Trinajstić information content (AvgIpc) is 2.88. The summed E-state index contributed by atoms with van der Waals surface area (Å²) >= 11 is 1.79. The van der Waals surface area contributed by atoms with Crippen LogP contribution in [0.2, 0.25) is 0 Å². The molecule has 2 fully saturated rings. The van der Waals surface area contributed by atoms with Crippen molar-refractivity contribution in [3.8, 4) is 0 Å². The van der Waals surface area contributed by atoms with Gasteiger partial charge in [0.25, 0.3) is 0 Å². The molecule has 2 saturated heterocycles. The fourth-order valence-corrected chi connectivity index (χ4v) is 4.09. The fraction of sp³-hybridized carbons (Fsp3) is 0.867. The molecular weight excluding hydrogens is 284 g/mol. The molecule has 6 heteroatoms. The van der Waals surface area contributed by atoms with Gasteiger partial charge in [0.15, 0.2) is 5.16 Å². The van der Waals surface area contributed by atoms with Gasteiger partial charge < -0.3 is 14.6 Å². The molecule has 3 heterocycles. The third-order valence-corrected chi connectivity index (χ3v) is 5.68. The first-order valence-corrected chi connectivity index (χ1v) is 9.15. The summed E-state index contributed by atoms with van der Waals surface area (Å²) in [7, 11) is 2.10. The second kappa shape index (κ2) is 7.61. The predicted molar refractivity (Wildman–Crippen MR) is 84.6 cm³/mol. The van der Waals surface area contributed by atoms with Crippen molar-refractivity contribution in [2.24, 2.45) is 13.0 Å². The van der Waals surface area contributed by atoms with E-state index >= 15 is 0 Å². The maximum Gasteiger partial charge on any atom is 0.191 e. The zero-order valence-corrected chi connectivity index (χ0v) is 13.7. The SMILES string of the molecule is Cn1c(CC2CCNCC2)nnc1SC[C@@H]1CCCCO1. The van der Waals surface area contributed by atoms with Crippen LogP contribution in [0.25, 0.3) is 0 Å². The molecule has 3 rings (SSSR count). The summed E-state index contributed by atoms with van der Waals surface area (Å²) < 4.78 is 7.96. The van der Waals surface area contributed by atoms with E-state index in [2.05, 4.69) is 27.1 Å². The molecule has 118 valence electrons. The molecule has 21 heavy (non-hydrogen) atoms. The van der Waals surface area contributed by atoms with Crippen LogP contribution in [0.4, 0.5) is 0 Å². The van der Waals surface area contributed by atoms with Crippen LogP contribution in [0.15, 0.2) is 5.16 Å². The normalized spacial score (nSPS) is 24.3. The molecule has 0 unspecified atom stereocenters. The molecule has 2 aliphatic rings. The lowest BCUT2D eigenvalue weighted by molar-refractivity contribution is 0.0315. The van der Waals surface area contributed by atoms with Gasteiger partial charge in [-0.15, -0.1) is 10.2 Å². The summed E-state index contributed by atoms with van der Waals surface area (Å²) in [5.41, 5.74) is 0. The van der Waals surface area contributed by atoms with Gasteiger partial charge in [-0.3, -0.25) is 0 Å². The molecule has 0 spiro atoms. The number of hydrogen-bond donors (Lipinski definition) is 1. The molecule has 1 aromatic heterocycles. The minimum atomic E-state index is 0.397. The summed E-state index contributed by atoms with van der Waals surface area (Å²) in [5.74, 6) is 2.89. The van der Waals surface area contributed by atoms with E-state index in [4.69, 9.17) is 4.74 Å². The highest BCUT2D eigenvalue weighted by atomic mass is 32.2. The van der Waals surface area contributed by atoms with Crippen LogP contribution in [-0.2, 0) is 18.2 Å². The lowest BCUT2D eigenvalue weighted by Crippen LogP contribution is -2.29. The van der Waals surface area contributed by atoms with Gasteiger partial charge in [-0.1, -0.05) is 11.8 Å². The molecule has 1 aromatic rings. The number of hydrogen-bond acceptors (Lipinski definition) is 5. The summed E-state index contributed by atoms with van der Waals surface area (Å²) in [6.45, 7) is 3.21. The average molecular weight is 310 g/mol. The van der Waals surface area contributed by atoms with Crippen LogP contribution in [0.5, 0.6) is 0 Å². The Labute approximate surface area is 131 Å². The van der Waals surface area contributed by atoms with E-state index in [9.17, 15) is 0 Å². The number of ether oxygens (including phenoxy) is 1. The maximum atomic E-state index is 5.78. The number of thioether (sulfide) groups is 1. The Bertz CT molecular complexity index is 439. The van der Waals surface area contributed by atoms with Gasteiger partial charge in [0, 0.05) is 25.8 Å². The molecular formula is C15H26N4OS. The third-order valence-electron chi connectivity index (χ3n) is 4.53. The van der Waals surface area contributed by atoms with E-state index in [-0.39, 0.29) is 0 Å². The highest BCUT2D eigenvalue weighted by molar-refractivity contribution is 7.99. The number of nitrogens with zero attached hydrogens (tertiary/aromatic N) is 3. The van der Waals surface area contributed by atoms with Crippen molar-refractivity contribution in [2.75, 3.05) is 25.4 Å². The van der Waals surface area contributed by atoms with Crippen LogP contribution in [0.3, 0.4) is 0 Å². The van der Waals surface area contributed by atoms with E-state index < -0.39 is 0 Å². The largest absolute Gasteiger partial charge is 0.377 e. The molecule has 0 radical (unpaired) electrons. The van der Waals surface area contributed by atoms with Crippen LogP contribution >= 0.6 is 11.8 Å². The van der Waals surface area contributed by atoms with Crippen molar-refractivity contribution in [3.63, 3.8) is 0 Å². The first kappa shape index (κ1) is 15.3. The maximum absolute atomic E-state index is 5.78. The zero-order valence-electron chi connectivity index (χ0n) is 12.9. The van der Waals surface area contributed by atoms with Crippen LogP contribution < -0.4 is 5.32 Å². The molecule has 0 aromatic carbocycles. The highest BCUT2D eigenvalue weighted by Crippen LogP contribution is 2.24. The predicted octanol–water partition coefficient (Wildman–Crippen LogP) is 2.02. The topological polar surface area (TPSA) is 52.0 Å². The van der Waals surface area contributed by atoms with Gasteiger partial charge in [-0.05, 0) is 51.1 Å². The Balaban J connectivity index is 1.51. The summed E-state index contributed by atoms with van der Waals surface area (Å²) in [4.78, 5) is 0. The molecule has 2 aliphatic heterocycles. The second-order valence-electron chi connectivity index (χ2n) is 6.15. The van der Waals surface area contributed by atoms with E-state index in [1.54, 1.807) is 11.8 Å². The third kappa shape index (κ3) is 4.20. The highest BCUT2D eigenvalue weighted by Gasteiger charge is 2.19. The molecule has 1 atom stereocenters. The summed E-state index contributed by atoms with van der Waals surface area (Å²) in [5, 5.41) is 13.2. The Morgan fingerprint density at radius 1 is 1.24 bits per heavy atom. The number of rotatable bonds is 5. The number of nitrogens with one attached hydrogen (secondary N) is 1. The molecule has 0 saturated carbocycles. The first-order valence-electron chi connectivity index (χ1n) is 8.16. The van der Waals surface area contributed by atoms with Gasteiger partial charge in [-0.25, -0.2) is 0 Å². The Hall–Kier alpha value is -0.590. The molecule has 5 nitrogen and oxygen atoms in total. The molecule has 0 aliphatic carbocycles. The second-order valence-corrected chi connectivity index (χ2v) is 7.14. The Morgan fingerprint density at radius 2 is 2.10 bits per heavy atom. The monoisotopic (exact) mass is 310 g/mol. The lowest BCUT2D eigenvalue weighted by atomic mass is 9.94. The van der Waals surface area contributed by atoms with Gasteiger partial charge >= 0.3 is 0 Å². The van der Waals surface area contributed by atoms with E-state index in [1.807, 2.05) is 0 Å². The minimum Gasteiger partial charge on any atom is -0.377 e. The van der Waals surface area contributed by atoms with Crippen LogP contribution in [0.1, 0.15) is 37.9 Å². The van der Waals surface area contributed by atoms with Crippen molar-refractivity contribution >= 4 is 11.8 Å². The standard InChI is InChI=1S/C15H26N4OS/c1-19-14(10-12-5-7-16-8-6-12)17-18-15(19)21-11-13-4-2-3-9-20-13/h12-13,16H,2-11H2,1H3/t13-/m0/s1.